The highest BCUT2D eigenvalue weighted by Crippen LogP contribution is 2.39. The van der Waals surface area contributed by atoms with E-state index in [0.717, 1.165) is 12.5 Å². The predicted molar refractivity (Wildman–Crippen MR) is 67.9 cm³/mol. The normalized spacial score (nSPS) is 23.3. The van der Waals surface area contributed by atoms with Crippen molar-refractivity contribution < 1.29 is 12.8 Å². The average Bonchev–Trinajstić information content (AvgIpc) is 2.93. The number of sulfonamides is 1. The lowest BCUT2D eigenvalue weighted by Crippen LogP contribution is -2.30. The predicted octanol–water partition coefficient (Wildman–Crippen LogP) is 1.68. The second kappa shape index (κ2) is 4.51. The summed E-state index contributed by atoms with van der Waals surface area (Å²) in [6.45, 7) is 2.49. The third-order valence-corrected chi connectivity index (χ3v) is 5.35. The molecule has 6 heteroatoms. The van der Waals surface area contributed by atoms with Gasteiger partial charge in [-0.25, -0.2) is 17.1 Å². The van der Waals surface area contributed by atoms with Crippen molar-refractivity contribution in [3.05, 3.63) is 24.0 Å². The monoisotopic (exact) mass is 272 g/mol. The van der Waals surface area contributed by atoms with Crippen molar-refractivity contribution in [1.29, 1.82) is 0 Å². The van der Waals surface area contributed by atoms with Crippen LogP contribution in [0.5, 0.6) is 0 Å². The second-order valence-corrected chi connectivity index (χ2v) is 6.90. The first-order valence-electron chi connectivity index (χ1n) is 5.84. The van der Waals surface area contributed by atoms with Crippen LogP contribution in [0.25, 0.3) is 0 Å². The van der Waals surface area contributed by atoms with Gasteiger partial charge in [0.15, 0.2) is 0 Å². The molecule has 0 amide bonds. The van der Waals surface area contributed by atoms with Crippen LogP contribution < -0.4 is 5.73 Å². The van der Waals surface area contributed by atoms with Crippen LogP contribution in [-0.2, 0) is 10.0 Å². The third-order valence-electron chi connectivity index (χ3n) is 3.43. The zero-order chi connectivity index (χ0) is 13.5. The number of anilines is 1. The summed E-state index contributed by atoms with van der Waals surface area (Å²) in [5.41, 5.74) is 5.52. The van der Waals surface area contributed by atoms with Gasteiger partial charge in [-0.1, -0.05) is 13.0 Å². The molecule has 0 aromatic heterocycles. The van der Waals surface area contributed by atoms with Crippen LogP contribution in [0.3, 0.4) is 0 Å². The molecule has 4 nitrogen and oxygen atoms in total. The van der Waals surface area contributed by atoms with Crippen molar-refractivity contribution in [2.24, 2.45) is 11.8 Å². The summed E-state index contributed by atoms with van der Waals surface area (Å²) < 4.78 is 39.3. The number of benzene rings is 1. The number of nitrogen functional groups attached to an aromatic ring is 1. The van der Waals surface area contributed by atoms with Crippen molar-refractivity contribution >= 4 is 15.7 Å². The van der Waals surface area contributed by atoms with Crippen LogP contribution in [-0.4, -0.2) is 26.3 Å². The van der Waals surface area contributed by atoms with Crippen LogP contribution in [0, 0.1) is 17.7 Å². The quantitative estimate of drug-likeness (QED) is 0.848. The summed E-state index contributed by atoms with van der Waals surface area (Å²) in [7, 11) is -2.38. The van der Waals surface area contributed by atoms with E-state index in [2.05, 4.69) is 6.92 Å². The fourth-order valence-corrected chi connectivity index (χ4v) is 3.42. The minimum atomic E-state index is -3.85. The molecular formula is C12H17FN2O2S. The Morgan fingerprint density at radius 1 is 1.50 bits per heavy atom. The molecule has 2 unspecified atom stereocenters. The Morgan fingerprint density at radius 2 is 2.11 bits per heavy atom. The highest BCUT2D eigenvalue weighted by atomic mass is 32.2. The molecule has 2 N–H and O–H groups in total. The topological polar surface area (TPSA) is 63.4 Å². The molecule has 0 spiro atoms. The van der Waals surface area contributed by atoms with Crippen LogP contribution >= 0.6 is 0 Å². The van der Waals surface area contributed by atoms with E-state index in [-0.39, 0.29) is 5.69 Å². The number of halogens is 1. The van der Waals surface area contributed by atoms with Crippen LogP contribution in [0.2, 0.25) is 0 Å². The molecule has 2 atom stereocenters. The van der Waals surface area contributed by atoms with E-state index in [0.29, 0.717) is 18.4 Å². The van der Waals surface area contributed by atoms with Gasteiger partial charge in [0.1, 0.15) is 10.7 Å². The lowest BCUT2D eigenvalue weighted by molar-refractivity contribution is 0.440. The van der Waals surface area contributed by atoms with Crippen LogP contribution in [0.15, 0.2) is 23.1 Å². The molecule has 0 heterocycles. The molecule has 1 aromatic carbocycles. The summed E-state index contributed by atoms with van der Waals surface area (Å²) in [6, 6.07) is 3.90. The molecular weight excluding hydrogens is 255 g/mol. The summed E-state index contributed by atoms with van der Waals surface area (Å²) in [5, 5.41) is 0. The van der Waals surface area contributed by atoms with Gasteiger partial charge in [-0.2, -0.15) is 0 Å². The maximum absolute atomic E-state index is 13.7. The molecule has 1 saturated carbocycles. The van der Waals surface area contributed by atoms with E-state index < -0.39 is 20.7 Å². The SMILES string of the molecule is CC1CC1CN(C)S(=O)(=O)c1c(N)cccc1F. The molecule has 0 saturated heterocycles. The molecule has 100 valence electrons. The first-order chi connectivity index (χ1) is 8.34. The van der Waals surface area contributed by atoms with Crippen molar-refractivity contribution in [3.8, 4) is 0 Å². The van der Waals surface area contributed by atoms with Crippen molar-refractivity contribution in [2.75, 3.05) is 19.3 Å². The lowest BCUT2D eigenvalue weighted by atomic mass is 10.3. The van der Waals surface area contributed by atoms with E-state index >= 15 is 0 Å². The van der Waals surface area contributed by atoms with Crippen LogP contribution in [0.1, 0.15) is 13.3 Å². The van der Waals surface area contributed by atoms with Crippen molar-refractivity contribution in [1.82, 2.24) is 4.31 Å². The smallest absolute Gasteiger partial charge is 0.247 e. The minimum Gasteiger partial charge on any atom is -0.398 e. The number of hydrogen-bond acceptors (Lipinski definition) is 3. The molecule has 0 radical (unpaired) electrons. The summed E-state index contributed by atoms with van der Waals surface area (Å²) in [5.74, 6) is 0.115. The third kappa shape index (κ3) is 2.35. The Balaban J connectivity index is 2.30. The Morgan fingerprint density at radius 3 is 2.61 bits per heavy atom. The van der Waals surface area contributed by atoms with E-state index in [1.807, 2.05) is 0 Å². The maximum Gasteiger partial charge on any atom is 0.247 e. The number of nitrogens with two attached hydrogens (primary N) is 1. The van der Waals surface area contributed by atoms with E-state index in [1.54, 1.807) is 0 Å². The van der Waals surface area contributed by atoms with Gasteiger partial charge >= 0.3 is 0 Å². The second-order valence-electron chi connectivity index (χ2n) is 4.92. The Labute approximate surface area is 107 Å². The van der Waals surface area contributed by atoms with Gasteiger partial charge in [0, 0.05) is 13.6 Å². The Bertz CT molecular complexity index is 539. The molecule has 1 aliphatic rings. The van der Waals surface area contributed by atoms with Gasteiger partial charge in [0.25, 0.3) is 0 Å². The number of nitrogens with zero attached hydrogens (tertiary/aromatic N) is 1. The fourth-order valence-electron chi connectivity index (χ4n) is 2.04. The first-order valence-corrected chi connectivity index (χ1v) is 7.28. The molecule has 1 fully saturated rings. The van der Waals surface area contributed by atoms with Crippen molar-refractivity contribution in [3.63, 3.8) is 0 Å². The number of rotatable bonds is 4. The summed E-state index contributed by atoms with van der Waals surface area (Å²) >= 11 is 0. The van der Waals surface area contributed by atoms with Gasteiger partial charge in [0.2, 0.25) is 10.0 Å². The number of hydrogen-bond donors (Lipinski definition) is 1. The van der Waals surface area contributed by atoms with E-state index in [1.165, 1.54) is 23.5 Å². The fraction of sp³-hybridized carbons (Fsp3) is 0.500. The maximum atomic E-state index is 13.7. The molecule has 1 aliphatic carbocycles. The van der Waals surface area contributed by atoms with Gasteiger partial charge in [0.05, 0.1) is 5.69 Å². The standard InChI is InChI=1S/C12H17FN2O2S/c1-8-6-9(8)7-15(2)18(16,17)12-10(13)4-3-5-11(12)14/h3-5,8-9H,6-7,14H2,1-2H3. The zero-order valence-corrected chi connectivity index (χ0v) is 11.2. The van der Waals surface area contributed by atoms with Crippen LogP contribution in [0.4, 0.5) is 10.1 Å². The molecule has 2 rings (SSSR count). The van der Waals surface area contributed by atoms with Gasteiger partial charge in [-0.05, 0) is 30.4 Å². The highest BCUT2D eigenvalue weighted by molar-refractivity contribution is 7.89. The lowest BCUT2D eigenvalue weighted by Gasteiger charge is -2.18. The molecule has 0 bridgehead atoms. The minimum absolute atomic E-state index is 0.0503. The van der Waals surface area contributed by atoms with E-state index in [4.69, 9.17) is 5.73 Å². The molecule has 18 heavy (non-hydrogen) atoms. The Hall–Kier alpha value is -1.14. The first kappa shape index (κ1) is 13.3. The molecule has 1 aromatic rings. The van der Waals surface area contributed by atoms with Crippen molar-refractivity contribution in [2.45, 2.75) is 18.2 Å². The van der Waals surface area contributed by atoms with E-state index in [9.17, 15) is 12.8 Å². The zero-order valence-electron chi connectivity index (χ0n) is 10.4. The average molecular weight is 272 g/mol. The van der Waals surface area contributed by atoms with Gasteiger partial charge in [-0.3, -0.25) is 0 Å². The van der Waals surface area contributed by atoms with Gasteiger partial charge in [-0.15, -0.1) is 0 Å². The summed E-state index contributed by atoms with van der Waals surface area (Å²) in [6.07, 6.45) is 1.02. The summed E-state index contributed by atoms with van der Waals surface area (Å²) in [4.78, 5) is -0.416. The Kier molecular flexibility index (Phi) is 3.33. The highest BCUT2D eigenvalue weighted by Gasteiger charge is 2.37. The van der Waals surface area contributed by atoms with Gasteiger partial charge < -0.3 is 5.73 Å². The largest absolute Gasteiger partial charge is 0.398 e. The molecule has 0 aliphatic heterocycles.